The summed E-state index contributed by atoms with van der Waals surface area (Å²) in [4.78, 5) is 49.6. The molecule has 1 fully saturated rings. The van der Waals surface area contributed by atoms with Crippen LogP contribution in [0.2, 0.25) is 0 Å². The molecule has 1 aromatic rings. The molecule has 0 radical (unpaired) electrons. The molecule has 6 N–H and O–H groups in total. The number of aromatic hydroxyl groups is 1. The molecule has 0 aliphatic heterocycles. The van der Waals surface area contributed by atoms with Gasteiger partial charge in [-0.15, -0.1) is 0 Å². The number of nitrogens with zero attached hydrogens (tertiary/aromatic N) is 2. The van der Waals surface area contributed by atoms with Gasteiger partial charge >= 0.3 is 5.69 Å². The van der Waals surface area contributed by atoms with Crippen molar-refractivity contribution in [1.82, 2.24) is 0 Å². The first-order valence-electron chi connectivity index (χ1n) is 10.00. The van der Waals surface area contributed by atoms with Gasteiger partial charge in [0.25, 0.3) is 5.91 Å². The van der Waals surface area contributed by atoms with E-state index in [4.69, 9.17) is 5.73 Å². The Morgan fingerprint density at radius 1 is 1.24 bits per heavy atom. The Morgan fingerprint density at radius 3 is 2.42 bits per heavy atom. The highest BCUT2D eigenvalue weighted by Gasteiger charge is 2.60. The van der Waals surface area contributed by atoms with Crippen LogP contribution in [0.4, 0.5) is 11.4 Å². The van der Waals surface area contributed by atoms with E-state index in [0.29, 0.717) is 11.3 Å². The summed E-state index contributed by atoms with van der Waals surface area (Å²) < 4.78 is 0. The number of hydrogen-bond donors (Lipinski definition) is 5. The molecule has 0 spiro atoms. The van der Waals surface area contributed by atoms with Crippen LogP contribution in [0.5, 0.6) is 5.75 Å². The third kappa shape index (κ3) is 2.83. The lowest BCUT2D eigenvalue weighted by Crippen LogP contribution is -2.58. The number of Topliss-reactive ketones (excluding diaryl/α,β-unsaturated/α-hetero) is 2. The van der Waals surface area contributed by atoms with Crippen molar-refractivity contribution >= 4 is 34.6 Å². The van der Waals surface area contributed by atoms with Gasteiger partial charge in [-0.05, 0) is 24.3 Å². The molecule has 1 amide bonds. The maximum absolute atomic E-state index is 13.4. The lowest BCUT2D eigenvalue weighted by atomic mass is 9.59. The van der Waals surface area contributed by atoms with E-state index < -0.39 is 74.8 Å². The molecule has 0 heterocycles. The van der Waals surface area contributed by atoms with Crippen LogP contribution in [0.25, 0.3) is 5.76 Å². The van der Waals surface area contributed by atoms with Gasteiger partial charge < -0.3 is 31.1 Å². The van der Waals surface area contributed by atoms with Gasteiger partial charge in [0.05, 0.1) is 10.5 Å². The highest BCUT2D eigenvalue weighted by atomic mass is 16.6. The summed E-state index contributed by atoms with van der Waals surface area (Å²) in [5.74, 6) is -7.87. The van der Waals surface area contributed by atoms with Gasteiger partial charge in [-0.3, -0.25) is 24.5 Å². The highest BCUT2D eigenvalue weighted by molar-refractivity contribution is 6.22. The third-order valence-electron chi connectivity index (χ3n) is 6.70. The van der Waals surface area contributed by atoms with Crippen molar-refractivity contribution in [2.24, 2.45) is 17.6 Å². The summed E-state index contributed by atoms with van der Waals surface area (Å²) >= 11 is 0. The summed E-state index contributed by atoms with van der Waals surface area (Å²) in [6.07, 6.45) is -0.380. The van der Waals surface area contributed by atoms with E-state index in [1.54, 1.807) is 19.0 Å². The van der Waals surface area contributed by atoms with Crippen LogP contribution < -0.4 is 10.6 Å². The predicted molar refractivity (Wildman–Crippen MR) is 112 cm³/mol. The second-order valence-corrected chi connectivity index (χ2v) is 8.68. The number of phenols is 1. The molecule has 0 saturated heterocycles. The fourth-order valence-electron chi connectivity index (χ4n) is 5.19. The number of hydrogen-bond acceptors (Lipinski definition) is 10. The predicted octanol–water partition coefficient (Wildman–Crippen LogP) is 0.398. The number of anilines is 1. The molecule has 3 atom stereocenters. The minimum atomic E-state index is -2.68. The number of nitrogens with two attached hydrogens (primary N) is 1. The van der Waals surface area contributed by atoms with Crippen molar-refractivity contribution in [2.75, 3.05) is 19.0 Å². The maximum Gasteiger partial charge on any atom is 0.313 e. The first-order chi connectivity index (χ1) is 15.3. The topological polar surface area (TPSA) is 205 Å². The molecule has 0 bridgehead atoms. The molecular weight excluding hydrogens is 438 g/mol. The number of ketones is 2. The molecule has 2 unspecified atom stereocenters. The van der Waals surface area contributed by atoms with Gasteiger partial charge in [0.15, 0.2) is 11.4 Å². The number of carbonyl (C=O) groups excluding carboxylic acids is 3. The van der Waals surface area contributed by atoms with Crippen molar-refractivity contribution in [1.29, 1.82) is 0 Å². The molecule has 1 aromatic carbocycles. The van der Waals surface area contributed by atoms with Crippen molar-refractivity contribution in [3.8, 4) is 5.75 Å². The molecular formula is C21H21N3O9. The normalized spacial score (nSPS) is 26.5. The number of aliphatic hydroxyl groups is 3. The van der Waals surface area contributed by atoms with Crippen LogP contribution in [-0.2, 0) is 20.8 Å². The smallest absolute Gasteiger partial charge is 0.313 e. The lowest BCUT2D eigenvalue weighted by molar-refractivity contribution is -0.385. The molecule has 3 aliphatic carbocycles. The van der Waals surface area contributed by atoms with Crippen LogP contribution in [-0.4, -0.2) is 62.5 Å². The maximum atomic E-state index is 13.4. The lowest BCUT2D eigenvalue weighted by Gasteiger charge is -2.46. The number of nitro groups is 1. The second kappa shape index (κ2) is 7.04. The molecule has 4 rings (SSSR count). The largest absolute Gasteiger partial charge is 0.508 e. The Kier molecular flexibility index (Phi) is 4.75. The van der Waals surface area contributed by atoms with Gasteiger partial charge in [0.2, 0.25) is 11.5 Å². The van der Waals surface area contributed by atoms with Gasteiger partial charge in [0.1, 0.15) is 17.1 Å². The first kappa shape index (κ1) is 22.3. The minimum Gasteiger partial charge on any atom is -0.508 e. The average molecular weight is 459 g/mol. The van der Waals surface area contributed by atoms with E-state index in [0.717, 1.165) is 6.07 Å². The number of nitro benzene ring substituents is 1. The zero-order chi connectivity index (χ0) is 24.6. The third-order valence-corrected chi connectivity index (χ3v) is 6.70. The van der Waals surface area contributed by atoms with E-state index in [1.165, 1.54) is 0 Å². The second-order valence-electron chi connectivity index (χ2n) is 8.68. The molecule has 33 heavy (non-hydrogen) atoms. The summed E-state index contributed by atoms with van der Waals surface area (Å²) in [7, 11) is 3.23. The van der Waals surface area contributed by atoms with Gasteiger partial charge in [-0.2, -0.15) is 0 Å². The Balaban J connectivity index is 1.99. The van der Waals surface area contributed by atoms with E-state index in [9.17, 15) is 44.9 Å². The number of carbonyl (C=O) groups is 3. The van der Waals surface area contributed by atoms with Gasteiger partial charge in [0, 0.05) is 43.8 Å². The monoisotopic (exact) mass is 459 g/mol. The Morgan fingerprint density at radius 2 is 1.88 bits per heavy atom. The fraction of sp³-hybridized carbons (Fsp3) is 0.381. The van der Waals surface area contributed by atoms with E-state index in [2.05, 4.69) is 0 Å². The van der Waals surface area contributed by atoms with Gasteiger partial charge in [-0.25, -0.2) is 0 Å². The molecule has 12 heteroatoms. The SMILES string of the molecule is CN(C)c1cc([N+](=O)[O-])c(O)c2c1CC1CC3CC(=O)C(C(N)=O)=C(O)[C@@]3(O)C(=O)C1=C2O. The Hall–Kier alpha value is -3.93. The molecule has 0 aromatic heterocycles. The van der Waals surface area contributed by atoms with Crippen LogP contribution in [0.3, 0.4) is 0 Å². The molecule has 174 valence electrons. The number of fused-ring (bicyclic) bond motifs is 3. The number of rotatable bonds is 3. The minimum absolute atomic E-state index is 0.0203. The van der Waals surface area contributed by atoms with E-state index >= 15 is 0 Å². The standard InChI is InChI=1S/C21H21N3O9/c1-23(2)10-6-11(24(32)33)16(26)14-9(10)4-7-3-8-5-12(25)15(20(22)30)19(29)21(8,31)18(28)13(7)17(14)27/h6-8,26-27,29,31H,3-5H2,1-2H3,(H2,22,30)/t7?,8?,21-/m0/s1. The highest BCUT2D eigenvalue weighted by Crippen LogP contribution is 2.54. The van der Waals surface area contributed by atoms with Gasteiger partial charge in [-0.1, -0.05) is 0 Å². The number of benzene rings is 1. The fourth-order valence-corrected chi connectivity index (χ4v) is 5.19. The summed E-state index contributed by atoms with van der Waals surface area (Å²) in [6.45, 7) is 0. The Bertz CT molecular complexity index is 1230. The Labute approximate surface area is 186 Å². The van der Waals surface area contributed by atoms with Crippen LogP contribution in [0.15, 0.2) is 23.0 Å². The van der Waals surface area contributed by atoms with Crippen molar-refractivity contribution in [2.45, 2.75) is 24.9 Å². The summed E-state index contributed by atoms with van der Waals surface area (Å²) in [5.41, 5.74) is 0.904. The molecule has 12 nitrogen and oxygen atoms in total. The van der Waals surface area contributed by atoms with E-state index in [1.807, 2.05) is 0 Å². The number of phenolic OH excluding ortho intramolecular Hbond substituents is 1. The van der Waals surface area contributed by atoms with Crippen molar-refractivity contribution in [3.05, 3.63) is 44.2 Å². The number of aliphatic hydroxyl groups excluding tert-OH is 2. The van der Waals surface area contributed by atoms with Crippen molar-refractivity contribution in [3.63, 3.8) is 0 Å². The zero-order valence-corrected chi connectivity index (χ0v) is 17.7. The number of amides is 1. The van der Waals surface area contributed by atoms with Crippen LogP contribution >= 0.6 is 0 Å². The quantitative estimate of drug-likeness (QED) is 0.239. The van der Waals surface area contributed by atoms with E-state index in [-0.39, 0.29) is 24.0 Å². The summed E-state index contributed by atoms with van der Waals surface area (Å²) in [5, 5.41) is 54.8. The molecule has 1 saturated carbocycles. The average Bonchev–Trinajstić information content (AvgIpc) is 2.70. The first-order valence-corrected chi connectivity index (χ1v) is 10.00. The van der Waals surface area contributed by atoms with Crippen molar-refractivity contribution < 1.29 is 39.7 Å². The number of primary amides is 1. The zero-order valence-electron chi connectivity index (χ0n) is 17.7. The van der Waals surface area contributed by atoms with Crippen LogP contribution in [0, 0.1) is 22.0 Å². The molecule has 3 aliphatic rings. The van der Waals surface area contributed by atoms with Crippen LogP contribution in [0.1, 0.15) is 24.0 Å². The summed E-state index contributed by atoms with van der Waals surface area (Å²) in [6, 6.07) is 1.16.